The summed E-state index contributed by atoms with van der Waals surface area (Å²) < 4.78 is 11.2. The van der Waals surface area contributed by atoms with Crippen LogP contribution in [-0.4, -0.2) is 23.8 Å². The van der Waals surface area contributed by atoms with Gasteiger partial charge in [0.2, 0.25) is 0 Å². The average Bonchev–Trinajstić information content (AvgIpc) is 2.23. The second-order valence-electron chi connectivity index (χ2n) is 5.05. The Labute approximate surface area is 99.1 Å². The van der Waals surface area contributed by atoms with Crippen molar-refractivity contribution < 1.29 is 14.6 Å². The Bertz CT molecular complexity index is 182. The average molecular weight is 230 g/mol. The van der Waals surface area contributed by atoms with Crippen LogP contribution in [0.4, 0.5) is 0 Å². The smallest absolute Gasteiger partial charge is 0.163 e. The molecule has 1 saturated heterocycles. The second-order valence-corrected chi connectivity index (χ2v) is 5.05. The summed E-state index contributed by atoms with van der Waals surface area (Å²) in [4.78, 5) is 0. The summed E-state index contributed by atoms with van der Waals surface area (Å²) >= 11 is 0. The molecule has 1 fully saturated rings. The van der Waals surface area contributed by atoms with E-state index in [4.69, 9.17) is 9.47 Å². The molecule has 1 aliphatic heterocycles. The molecule has 0 aliphatic carbocycles. The first-order chi connectivity index (χ1) is 7.63. The van der Waals surface area contributed by atoms with Gasteiger partial charge in [0.05, 0.1) is 6.10 Å². The highest BCUT2D eigenvalue weighted by Crippen LogP contribution is 2.25. The van der Waals surface area contributed by atoms with Gasteiger partial charge in [0.15, 0.2) is 12.6 Å². The van der Waals surface area contributed by atoms with Crippen LogP contribution in [0.2, 0.25) is 0 Å². The largest absolute Gasteiger partial charge is 0.368 e. The zero-order valence-corrected chi connectivity index (χ0v) is 10.8. The van der Waals surface area contributed by atoms with Crippen molar-refractivity contribution in [2.45, 2.75) is 78.0 Å². The van der Waals surface area contributed by atoms with Gasteiger partial charge in [-0.3, -0.25) is 0 Å². The summed E-state index contributed by atoms with van der Waals surface area (Å²) in [7, 11) is 0. The summed E-state index contributed by atoms with van der Waals surface area (Å²) in [6, 6.07) is 0. The molecular weight excluding hydrogens is 204 g/mol. The van der Waals surface area contributed by atoms with Crippen LogP contribution in [0.3, 0.4) is 0 Å². The molecule has 0 radical (unpaired) electrons. The maximum absolute atomic E-state index is 9.60. The topological polar surface area (TPSA) is 38.7 Å². The Morgan fingerprint density at radius 2 is 1.94 bits per heavy atom. The van der Waals surface area contributed by atoms with Crippen LogP contribution in [0.15, 0.2) is 0 Å². The molecule has 16 heavy (non-hydrogen) atoms. The Kier molecular flexibility index (Phi) is 6.32. The maximum atomic E-state index is 9.60. The zero-order valence-electron chi connectivity index (χ0n) is 10.8. The van der Waals surface area contributed by atoms with Crippen LogP contribution >= 0.6 is 0 Å². The molecule has 0 aromatic heterocycles. The molecule has 1 heterocycles. The normalized spacial score (nSPS) is 30.9. The second kappa shape index (κ2) is 7.25. The van der Waals surface area contributed by atoms with E-state index in [1.807, 2.05) is 0 Å². The van der Waals surface area contributed by atoms with E-state index in [0.29, 0.717) is 12.3 Å². The molecule has 0 bridgehead atoms. The lowest BCUT2D eigenvalue weighted by molar-refractivity contribution is -0.307. The summed E-state index contributed by atoms with van der Waals surface area (Å²) in [5.41, 5.74) is 0. The molecule has 1 N–H and O–H groups in total. The molecule has 0 amide bonds. The lowest BCUT2D eigenvalue weighted by Gasteiger charge is -2.35. The van der Waals surface area contributed by atoms with Gasteiger partial charge in [0.25, 0.3) is 0 Å². The van der Waals surface area contributed by atoms with Crippen LogP contribution in [0.5, 0.6) is 0 Å². The maximum Gasteiger partial charge on any atom is 0.163 e. The molecular formula is C13H26O3. The van der Waals surface area contributed by atoms with Crippen molar-refractivity contribution in [2.75, 3.05) is 0 Å². The highest BCUT2D eigenvalue weighted by atomic mass is 16.7. The molecule has 1 rings (SSSR count). The van der Waals surface area contributed by atoms with Crippen molar-refractivity contribution in [3.8, 4) is 0 Å². The predicted molar refractivity (Wildman–Crippen MR) is 64.0 cm³/mol. The lowest BCUT2D eigenvalue weighted by Crippen LogP contribution is -2.40. The number of hydrogen-bond donors (Lipinski definition) is 1. The van der Waals surface area contributed by atoms with Gasteiger partial charge in [-0.05, 0) is 6.42 Å². The molecule has 3 atom stereocenters. The Morgan fingerprint density at radius 3 is 2.56 bits per heavy atom. The number of aliphatic hydroxyl groups is 1. The first kappa shape index (κ1) is 13.9. The number of hydrogen-bond acceptors (Lipinski definition) is 3. The van der Waals surface area contributed by atoms with Crippen molar-refractivity contribution >= 4 is 0 Å². The summed E-state index contributed by atoms with van der Waals surface area (Å²) in [5.74, 6) is 0.299. The standard InChI is InChI=1S/C13H26O3/c1-4-5-6-7-8-11-9-12(14)16-13(15-11)10(2)3/h10-14H,4-9H2,1-3H3/t11-,12+,13-/m0/s1. The van der Waals surface area contributed by atoms with E-state index in [9.17, 15) is 5.11 Å². The third-order valence-corrected chi connectivity index (χ3v) is 3.01. The highest BCUT2D eigenvalue weighted by Gasteiger charge is 2.30. The fourth-order valence-electron chi connectivity index (χ4n) is 2.01. The minimum Gasteiger partial charge on any atom is -0.368 e. The van der Waals surface area contributed by atoms with Gasteiger partial charge in [-0.2, -0.15) is 0 Å². The van der Waals surface area contributed by atoms with E-state index < -0.39 is 6.29 Å². The fraction of sp³-hybridized carbons (Fsp3) is 1.00. The third-order valence-electron chi connectivity index (χ3n) is 3.01. The van der Waals surface area contributed by atoms with Crippen LogP contribution in [0.1, 0.15) is 59.3 Å². The third kappa shape index (κ3) is 4.81. The molecule has 0 aromatic rings. The molecule has 0 unspecified atom stereocenters. The first-order valence-electron chi connectivity index (χ1n) is 6.62. The van der Waals surface area contributed by atoms with Gasteiger partial charge in [0, 0.05) is 12.3 Å². The van der Waals surface area contributed by atoms with E-state index in [2.05, 4.69) is 20.8 Å². The van der Waals surface area contributed by atoms with Gasteiger partial charge in [-0.15, -0.1) is 0 Å². The molecule has 1 aliphatic rings. The zero-order chi connectivity index (χ0) is 12.0. The minimum absolute atomic E-state index is 0.174. The molecule has 0 saturated carbocycles. The number of aliphatic hydroxyl groups excluding tert-OH is 1. The molecule has 3 nitrogen and oxygen atoms in total. The van der Waals surface area contributed by atoms with Crippen LogP contribution in [-0.2, 0) is 9.47 Å². The minimum atomic E-state index is -0.641. The summed E-state index contributed by atoms with van der Waals surface area (Å²) in [6.45, 7) is 6.32. The lowest BCUT2D eigenvalue weighted by atomic mass is 10.0. The van der Waals surface area contributed by atoms with E-state index >= 15 is 0 Å². The van der Waals surface area contributed by atoms with Gasteiger partial charge in [-0.1, -0.05) is 46.5 Å². The van der Waals surface area contributed by atoms with Crippen LogP contribution in [0, 0.1) is 5.92 Å². The number of unbranched alkanes of at least 4 members (excludes halogenated alkanes) is 3. The van der Waals surface area contributed by atoms with Gasteiger partial charge >= 0.3 is 0 Å². The van der Waals surface area contributed by atoms with Crippen molar-refractivity contribution in [1.29, 1.82) is 0 Å². The van der Waals surface area contributed by atoms with E-state index in [1.54, 1.807) is 0 Å². The van der Waals surface area contributed by atoms with Crippen LogP contribution in [0.25, 0.3) is 0 Å². The quantitative estimate of drug-likeness (QED) is 0.713. The van der Waals surface area contributed by atoms with Crippen molar-refractivity contribution in [3.63, 3.8) is 0 Å². The molecule has 96 valence electrons. The van der Waals surface area contributed by atoms with Gasteiger partial charge < -0.3 is 14.6 Å². The fourth-order valence-corrected chi connectivity index (χ4v) is 2.01. The summed E-state index contributed by atoms with van der Waals surface area (Å²) in [5, 5.41) is 9.60. The Balaban J connectivity index is 2.25. The van der Waals surface area contributed by atoms with E-state index in [1.165, 1.54) is 25.7 Å². The SMILES string of the molecule is CCCCCC[C@H]1C[C@H](O)O[C@@H](C(C)C)O1. The molecule has 0 aromatic carbocycles. The number of ether oxygens (including phenoxy) is 2. The van der Waals surface area contributed by atoms with Gasteiger partial charge in [0.1, 0.15) is 0 Å². The summed E-state index contributed by atoms with van der Waals surface area (Å²) in [6.07, 6.45) is 5.96. The van der Waals surface area contributed by atoms with E-state index in [-0.39, 0.29) is 12.4 Å². The Hall–Kier alpha value is -0.120. The highest BCUT2D eigenvalue weighted by molar-refractivity contribution is 4.68. The van der Waals surface area contributed by atoms with Crippen molar-refractivity contribution in [1.82, 2.24) is 0 Å². The predicted octanol–water partition coefficient (Wildman–Crippen LogP) is 3.06. The first-order valence-corrected chi connectivity index (χ1v) is 6.62. The van der Waals surface area contributed by atoms with Crippen LogP contribution < -0.4 is 0 Å². The van der Waals surface area contributed by atoms with Gasteiger partial charge in [-0.25, -0.2) is 0 Å². The monoisotopic (exact) mass is 230 g/mol. The van der Waals surface area contributed by atoms with E-state index in [0.717, 1.165) is 6.42 Å². The van der Waals surface area contributed by atoms with Crippen molar-refractivity contribution in [3.05, 3.63) is 0 Å². The molecule has 0 spiro atoms. The molecule has 3 heteroatoms. The number of rotatable bonds is 6. The van der Waals surface area contributed by atoms with Crippen molar-refractivity contribution in [2.24, 2.45) is 5.92 Å². The Morgan fingerprint density at radius 1 is 1.19 bits per heavy atom.